The summed E-state index contributed by atoms with van der Waals surface area (Å²) in [6.45, 7) is 13.9. The Bertz CT molecular complexity index is 894. The van der Waals surface area contributed by atoms with Crippen LogP contribution in [0, 0.1) is 6.92 Å². The van der Waals surface area contributed by atoms with E-state index in [0.717, 1.165) is 18.5 Å². The number of piperazine rings is 1. The van der Waals surface area contributed by atoms with Gasteiger partial charge in [-0.15, -0.1) is 0 Å². The number of aromatic nitrogens is 2. The van der Waals surface area contributed by atoms with Gasteiger partial charge in [-0.2, -0.15) is 5.10 Å². The monoisotopic (exact) mass is 513 g/mol. The second-order valence-electron chi connectivity index (χ2n) is 11.4. The zero-order valence-corrected chi connectivity index (χ0v) is 22.2. The van der Waals surface area contributed by atoms with Gasteiger partial charge in [-0.3, -0.25) is 9.58 Å². The van der Waals surface area contributed by atoms with E-state index in [4.69, 9.17) is 19.3 Å². The van der Waals surface area contributed by atoms with Crippen molar-refractivity contribution < 1.29 is 27.8 Å². The highest BCUT2D eigenvalue weighted by molar-refractivity contribution is 5.68. The van der Waals surface area contributed by atoms with Crippen molar-refractivity contribution in [3.05, 3.63) is 11.8 Å². The van der Waals surface area contributed by atoms with Gasteiger partial charge in [0.25, 0.3) is 6.43 Å². The number of anilines is 1. The van der Waals surface area contributed by atoms with Crippen LogP contribution in [-0.4, -0.2) is 108 Å². The van der Waals surface area contributed by atoms with Gasteiger partial charge in [-0.1, -0.05) is 0 Å². The van der Waals surface area contributed by atoms with Crippen molar-refractivity contribution in [1.29, 1.82) is 0 Å². The third kappa shape index (κ3) is 6.11. The smallest absolute Gasteiger partial charge is 0.410 e. The van der Waals surface area contributed by atoms with Crippen LogP contribution < -0.4 is 4.90 Å². The largest absolute Gasteiger partial charge is 0.444 e. The van der Waals surface area contributed by atoms with Gasteiger partial charge >= 0.3 is 6.09 Å². The fourth-order valence-electron chi connectivity index (χ4n) is 5.35. The quantitative estimate of drug-likeness (QED) is 0.598. The molecule has 204 valence electrons. The molecule has 0 N–H and O–H groups in total. The lowest BCUT2D eigenvalue weighted by atomic mass is 9.96. The number of alkyl halides is 2. The van der Waals surface area contributed by atoms with Crippen molar-refractivity contribution in [2.45, 2.75) is 77.2 Å². The molecule has 0 unspecified atom stereocenters. The van der Waals surface area contributed by atoms with E-state index < -0.39 is 17.6 Å². The van der Waals surface area contributed by atoms with Gasteiger partial charge in [0, 0.05) is 51.0 Å². The summed E-state index contributed by atoms with van der Waals surface area (Å²) in [5.41, 5.74) is -0.952. The van der Waals surface area contributed by atoms with E-state index >= 15 is 0 Å². The van der Waals surface area contributed by atoms with Crippen LogP contribution in [0.1, 0.15) is 52.3 Å². The number of amides is 1. The fraction of sp³-hybridized carbons (Fsp3) is 0.840. The molecule has 0 aliphatic carbocycles. The van der Waals surface area contributed by atoms with Crippen molar-refractivity contribution in [3.63, 3.8) is 0 Å². The molecule has 4 heterocycles. The van der Waals surface area contributed by atoms with Gasteiger partial charge in [0.2, 0.25) is 0 Å². The average Bonchev–Trinajstić information content (AvgIpc) is 3.20. The maximum atomic E-state index is 14.5. The lowest BCUT2D eigenvalue weighted by Crippen LogP contribution is -2.65. The summed E-state index contributed by atoms with van der Waals surface area (Å²) >= 11 is 0. The topological polar surface area (TPSA) is 72.3 Å². The van der Waals surface area contributed by atoms with Gasteiger partial charge in [-0.25, -0.2) is 13.6 Å². The molecule has 0 bridgehead atoms. The molecule has 3 aliphatic heterocycles. The van der Waals surface area contributed by atoms with Crippen molar-refractivity contribution in [2.24, 2.45) is 0 Å². The van der Waals surface area contributed by atoms with E-state index in [1.54, 1.807) is 16.7 Å². The molecule has 2 atom stereocenters. The first-order valence-electron chi connectivity index (χ1n) is 13.0. The lowest BCUT2D eigenvalue weighted by molar-refractivity contribution is -0.102. The molecule has 0 radical (unpaired) electrons. The summed E-state index contributed by atoms with van der Waals surface area (Å²) in [6.07, 6.45) is -1.43. The lowest BCUT2D eigenvalue weighted by Gasteiger charge is -2.49. The molecule has 1 amide bonds. The standard InChI is InChI=1S/C25H41F2N5O4/c1-18-14-21(28-32(18)19-6-8-30(9-7-19)23(33)36-24(2,3)4)31-11-10-29(17-25(31,5)22(26)27)15-20-16-34-12-13-35-20/h14,19-20,22H,6-13,15-17H2,1-5H3/t20-,25+/m1/s1. The second kappa shape index (κ2) is 10.8. The van der Waals surface area contributed by atoms with Crippen LogP contribution in [-0.2, 0) is 14.2 Å². The van der Waals surface area contributed by atoms with Crippen molar-refractivity contribution in [2.75, 3.05) is 64.0 Å². The molecular formula is C25H41F2N5O4. The van der Waals surface area contributed by atoms with Gasteiger partial charge in [-0.05, 0) is 47.5 Å². The summed E-state index contributed by atoms with van der Waals surface area (Å²) in [7, 11) is 0. The van der Waals surface area contributed by atoms with Gasteiger partial charge in [0.1, 0.15) is 11.1 Å². The van der Waals surface area contributed by atoms with Crippen molar-refractivity contribution in [3.8, 4) is 0 Å². The maximum Gasteiger partial charge on any atom is 0.410 e. The van der Waals surface area contributed by atoms with Gasteiger partial charge < -0.3 is 24.0 Å². The van der Waals surface area contributed by atoms with E-state index in [0.29, 0.717) is 58.4 Å². The molecule has 1 aromatic heterocycles. The van der Waals surface area contributed by atoms with Crippen molar-refractivity contribution in [1.82, 2.24) is 19.6 Å². The number of hydrogen-bond donors (Lipinski definition) is 0. The third-order valence-corrected chi connectivity index (χ3v) is 7.27. The molecule has 0 saturated carbocycles. The van der Waals surface area contributed by atoms with E-state index in [1.807, 2.05) is 38.4 Å². The Balaban J connectivity index is 1.41. The first-order chi connectivity index (χ1) is 17.0. The molecule has 11 heteroatoms. The summed E-state index contributed by atoms with van der Waals surface area (Å²) in [6, 6.07) is 2.02. The Labute approximate surface area is 212 Å². The molecule has 1 aromatic rings. The molecule has 3 aliphatic rings. The Kier molecular flexibility index (Phi) is 8.11. The van der Waals surface area contributed by atoms with Crippen LogP contribution in [0.4, 0.5) is 19.4 Å². The first-order valence-corrected chi connectivity index (χ1v) is 13.0. The second-order valence-corrected chi connectivity index (χ2v) is 11.4. The fourth-order valence-corrected chi connectivity index (χ4v) is 5.35. The number of aryl methyl sites for hydroxylation is 1. The highest BCUT2D eigenvalue weighted by atomic mass is 19.3. The number of halogens is 2. The number of likely N-dealkylation sites (tertiary alicyclic amines) is 1. The number of carbonyl (C=O) groups is 1. The molecule has 0 spiro atoms. The predicted octanol–water partition coefficient (Wildman–Crippen LogP) is 3.32. The molecular weight excluding hydrogens is 472 g/mol. The van der Waals surface area contributed by atoms with Gasteiger partial charge in [0.15, 0.2) is 5.82 Å². The Hall–Kier alpha value is -1.98. The van der Waals surface area contributed by atoms with Crippen LogP contribution in [0.25, 0.3) is 0 Å². The molecule has 4 rings (SSSR count). The maximum absolute atomic E-state index is 14.5. The normalized spacial score (nSPS) is 27.1. The van der Waals surface area contributed by atoms with Crippen LogP contribution in [0.3, 0.4) is 0 Å². The molecule has 9 nitrogen and oxygen atoms in total. The number of rotatable bonds is 5. The Morgan fingerprint density at radius 2 is 1.94 bits per heavy atom. The molecule has 0 aromatic carbocycles. The number of hydrogen-bond acceptors (Lipinski definition) is 7. The van der Waals surface area contributed by atoms with E-state index in [-0.39, 0.29) is 24.8 Å². The zero-order valence-electron chi connectivity index (χ0n) is 22.2. The van der Waals surface area contributed by atoms with E-state index in [1.165, 1.54) is 0 Å². The number of piperidine rings is 1. The number of nitrogens with zero attached hydrogens (tertiary/aromatic N) is 5. The summed E-state index contributed by atoms with van der Waals surface area (Å²) in [5, 5.41) is 4.82. The predicted molar refractivity (Wildman–Crippen MR) is 132 cm³/mol. The average molecular weight is 514 g/mol. The minimum Gasteiger partial charge on any atom is -0.444 e. The SMILES string of the molecule is Cc1cc(N2CCN(C[C@@H]3COCCO3)C[C@@]2(C)C(F)F)nn1C1CCN(C(=O)OC(C)(C)C)CC1. The van der Waals surface area contributed by atoms with E-state index in [9.17, 15) is 13.6 Å². The zero-order chi connectivity index (χ0) is 26.1. The Morgan fingerprint density at radius 1 is 1.22 bits per heavy atom. The summed E-state index contributed by atoms with van der Waals surface area (Å²) < 4.78 is 47.6. The van der Waals surface area contributed by atoms with Crippen LogP contribution >= 0.6 is 0 Å². The molecule has 3 saturated heterocycles. The van der Waals surface area contributed by atoms with Crippen LogP contribution in [0.5, 0.6) is 0 Å². The highest BCUT2D eigenvalue weighted by Gasteiger charge is 2.46. The highest BCUT2D eigenvalue weighted by Crippen LogP contribution is 2.34. The number of carbonyl (C=O) groups excluding carboxylic acids is 1. The number of ether oxygens (including phenoxy) is 3. The van der Waals surface area contributed by atoms with Crippen molar-refractivity contribution >= 4 is 11.9 Å². The minimum atomic E-state index is -2.54. The Morgan fingerprint density at radius 3 is 2.56 bits per heavy atom. The third-order valence-electron chi connectivity index (χ3n) is 7.27. The summed E-state index contributed by atoms with van der Waals surface area (Å²) in [4.78, 5) is 18.0. The first kappa shape index (κ1) is 27.1. The molecule has 3 fully saturated rings. The molecule has 36 heavy (non-hydrogen) atoms. The van der Waals surface area contributed by atoms with Crippen LogP contribution in [0.2, 0.25) is 0 Å². The van der Waals surface area contributed by atoms with Crippen LogP contribution in [0.15, 0.2) is 6.07 Å². The minimum absolute atomic E-state index is 0.0831. The van der Waals surface area contributed by atoms with E-state index in [2.05, 4.69) is 4.90 Å². The summed E-state index contributed by atoms with van der Waals surface area (Å²) in [5.74, 6) is 0.585. The van der Waals surface area contributed by atoms with Gasteiger partial charge in [0.05, 0.1) is 32.0 Å².